The third-order valence-electron chi connectivity index (χ3n) is 4.33. The first kappa shape index (κ1) is 17.7. The van der Waals surface area contributed by atoms with Crippen LogP contribution in [0.25, 0.3) is 0 Å². The highest BCUT2D eigenvalue weighted by Crippen LogP contribution is 2.50. The second-order valence-electron chi connectivity index (χ2n) is 7.44. The highest BCUT2D eigenvalue weighted by atomic mass is 16.7. The monoisotopic (exact) mass is 350 g/mol. The van der Waals surface area contributed by atoms with Crippen LogP contribution in [0.3, 0.4) is 0 Å². The van der Waals surface area contributed by atoms with Crippen molar-refractivity contribution in [3.63, 3.8) is 0 Å². The Bertz CT molecular complexity index is 681. The maximum atomic E-state index is 12.7. The molecule has 0 aromatic heterocycles. The number of ether oxygens (including phenoxy) is 4. The number of hydrogen-bond donors (Lipinski definition) is 1. The van der Waals surface area contributed by atoms with Crippen LogP contribution in [0, 0.1) is 0 Å². The first-order valence-electron chi connectivity index (χ1n) is 8.47. The molecule has 2 heterocycles. The molecule has 7 heteroatoms. The topological polar surface area (TPSA) is 83.3 Å². The molecule has 0 saturated heterocycles. The Morgan fingerprint density at radius 3 is 2.72 bits per heavy atom. The second-order valence-corrected chi connectivity index (χ2v) is 7.44. The number of fused-ring (bicyclic) bond motifs is 2. The number of methoxy groups -OCH3 is 1. The van der Waals surface area contributed by atoms with E-state index in [0.717, 1.165) is 11.1 Å². The van der Waals surface area contributed by atoms with Crippen LogP contribution in [0.4, 0.5) is 4.79 Å². The molecule has 2 unspecified atom stereocenters. The molecule has 2 N–H and O–H groups in total. The quantitative estimate of drug-likeness (QED) is 0.883. The van der Waals surface area contributed by atoms with Crippen molar-refractivity contribution in [2.45, 2.75) is 51.8 Å². The molecule has 0 aliphatic carbocycles. The molecule has 0 bridgehead atoms. The fourth-order valence-corrected chi connectivity index (χ4v) is 3.42. The lowest BCUT2D eigenvalue weighted by Crippen LogP contribution is -2.48. The van der Waals surface area contributed by atoms with Gasteiger partial charge in [0.05, 0.1) is 13.2 Å². The van der Waals surface area contributed by atoms with Crippen LogP contribution in [-0.4, -0.2) is 43.1 Å². The molecule has 2 aliphatic rings. The maximum absolute atomic E-state index is 12.7. The average Bonchev–Trinajstić information content (AvgIpc) is 2.97. The molecule has 1 aromatic carbocycles. The van der Waals surface area contributed by atoms with E-state index < -0.39 is 5.60 Å². The summed E-state index contributed by atoms with van der Waals surface area (Å²) in [7, 11) is 1.59. The van der Waals surface area contributed by atoms with Gasteiger partial charge in [0.15, 0.2) is 11.5 Å². The van der Waals surface area contributed by atoms with E-state index in [2.05, 4.69) is 0 Å². The number of carbonyl (C=O) groups excluding carboxylic acids is 1. The lowest BCUT2D eigenvalue weighted by molar-refractivity contribution is 0.0115. The number of carbonyl (C=O) groups is 1. The predicted octanol–water partition coefficient (Wildman–Crippen LogP) is 2.61. The van der Waals surface area contributed by atoms with Gasteiger partial charge >= 0.3 is 6.09 Å². The van der Waals surface area contributed by atoms with E-state index in [1.54, 1.807) is 12.0 Å². The molecular formula is C18H26N2O5. The van der Waals surface area contributed by atoms with Gasteiger partial charge in [-0.3, -0.25) is 4.90 Å². The van der Waals surface area contributed by atoms with Gasteiger partial charge in [-0.05, 0) is 45.7 Å². The third-order valence-corrected chi connectivity index (χ3v) is 4.33. The third kappa shape index (κ3) is 3.20. The van der Waals surface area contributed by atoms with Gasteiger partial charge in [0.2, 0.25) is 12.5 Å². The minimum Gasteiger partial charge on any atom is -0.492 e. The Labute approximate surface area is 148 Å². The van der Waals surface area contributed by atoms with Crippen molar-refractivity contribution in [2.75, 3.05) is 20.4 Å². The molecule has 1 aromatic rings. The molecule has 7 nitrogen and oxygen atoms in total. The smallest absolute Gasteiger partial charge is 0.410 e. The van der Waals surface area contributed by atoms with E-state index in [4.69, 9.17) is 24.7 Å². The molecular weight excluding hydrogens is 324 g/mol. The summed E-state index contributed by atoms with van der Waals surface area (Å²) in [5.74, 6) is 1.82. The van der Waals surface area contributed by atoms with Crippen molar-refractivity contribution in [2.24, 2.45) is 5.73 Å². The minimum absolute atomic E-state index is 0.160. The van der Waals surface area contributed by atoms with Crippen molar-refractivity contribution in [3.05, 3.63) is 17.2 Å². The summed E-state index contributed by atoms with van der Waals surface area (Å²) in [4.78, 5) is 14.4. The fraction of sp³-hybridized carbons (Fsp3) is 0.611. The van der Waals surface area contributed by atoms with E-state index >= 15 is 0 Å². The summed E-state index contributed by atoms with van der Waals surface area (Å²) < 4.78 is 22.3. The standard InChI is InChI=1S/C18H26N2O5/c1-10(19)14-13-11(6-7-20(14)17(21)25-18(2,3)4)8-12-15(16(13)22-5)24-9-23-12/h8,10,14H,6-7,9,19H2,1-5H3. The van der Waals surface area contributed by atoms with Crippen molar-refractivity contribution in [3.8, 4) is 17.2 Å². The van der Waals surface area contributed by atoms with Gasteiger partial charge < -0.3 is 24.7 Å². The lowest BCUT2D eigenvalue weighted by Gasteiger charge is -2.40. The van der Waals surface area contributed by atoms with Crippen molar-refractivity contribution in [1.29, 1.82) is 0 Å². The number of nitrogens with two attached hydrogens (primary N) is 1. The number of hydrogen-bond acceptors (Lipinski definition) is 6. The Morgan fingerprint density at radius 1 is 1.40 bits per heavy atom. The van der Waals surface area contributed by atoms with Crippen LogP contribution in [-0.2, 0) is 11.2 Å². The summed E-state index contributed by atoms with van der Waals surface area (Å²) >= 11 is 0. The van der Waals surface area contributed by atoms with Crippen LogP contribution in [0.1, 0.15) is 44.9 Å². The van der Waals surface area contributed by atoms with Gasteiger partial charge in [0, 0.05) is 18.2 Å². The zero-order chi connectivity index (χ0) is 18.4. The highest BCUT2D eigenvalue weighted by Gasteiger charge is 2.40. The van der Waals surface area contributed by atoms with E-state index in [9.17, 15) is 4.79 Å². The predicted molar refractivity (Wildman–Crippen MR) is 92.2 cm³/mol. The van der Waals surface area contributed by atoms with E-state index in [0.29, 0.717) is 30.2 Å². The number of nitrogens with zero attached hydrogens (tertiary/aromatic N) is 1. The van der Waals surface area contributed by atoms with E-state index in [1.807, 2.05) is 33.8 Å². The zero-order valence-electron chi connectivity index (χ0n) is 15.4. The SMILES string of the molecule is COc1c2c(cc3c1C(C(C)N)N(C(=O)OC(C)(C)C)CC3)OCO2. The second kappa shape index (κ2) is 6.29. The van der Waals surface area contributed by atoms with Crippen molar-refractivity contribution in [1.82, 2.24) is 4.90 Å². The Morgan fingerprint density at radius 2 is 2.12 bits per heavy atom. The largest absolute Gasteiger partial charge is 0.492 e. The van der Waals surface area contributed by atoms with Crippen LogP contribution in [0.2, 0.25) is 0 Å². The summed E-state index contributed by atoms with van der Waals surface area (Å²) in [5.41, 5.74) is 7.63. The maximum Gasteiger partial charge on any atom is 0.410 e. The molecule has 0 fully saturated rings. The zero-order valence-corrected chi connectivity index (χ0v) is 15.4. The Kier molecular flexibility index (Phi) is 4.45. The summed E-state index contributed by atoms with van der Waals surface area (Å²) in [6, 6.07) is 1.30. The first-order valence-corrected chi connectivity index (χ1v) is 8.47. The molecule has 0 spiro atoms. The number of amides is 1. The molecule has 25 heavy (non-hydrogen) atoms. The van der Waals surface area contributed by atoms with Gasteiger partial charge in [0.1, 0.15) is 5.60 Å². The van der Waals surface area contributed by atoms with Crippen molar-refractivity contribution >= 4 is 6.09 Å². The first-order chi connectivity index (χ1) is 11.7. The van der Waals surface area contributed by atoms with Crippen molar-refractivity contribution < 1.29 is 23.7 Å². The van der Waals surface area contributed by atoms with Crippen LogP contribution >= 0.6 is 0 Å². The molecule has 138 valence electrons. The summed E-state index contributed by atoms with van der Waals surface area (Å²) in [5, 5.41) is 0. The molecule has 1 amide bonds. The molecule has 3 rings (SSSR count). The fourth-order valence-electron chi connectivity index (χ4n) is 3.42. The molecule has 0 saturated carbocycles. The molecule has 2 aliphatic heterocycles. The van der Waals surface area contributed by atoms with Crippen LogP contribution < -0.4 is 19.9 Å². The minimum atomic E-state index is -0.571. The number of benzene rings is 1. The lowest BCUT2D eigenvalue weighted by atomic mass is 9.87. The number of rotatable bonds is 2. The molecule has 2 atom stereocenters. The summed E-state index contributed by atoms with van der Waals surface area (Å²) in [6.45, 7) is 8.11. The molecule has 0 radical (unpaired) electrons. The van der Waals surface area contributed by atoms with E-state index in [-0.39, 0.29) is 25.0 Å². The average molecular weight is 350 g/mol. The summed E-state index contributed by atoms with van der Waals surface area (Å²) in [6.07, 6.45) is 0.297. The van der Waals surface area contributed by atoms with Gasteiger partial charge in [-0.1, -0.05) is 0 Å². The van der Waals surface area contributed by atoms with Gasteiger partial charge in [-0.25, -0.2) is 4.79 Å². The van der Waals surface area contributed by atoms with Gasteiger partial charge in [-0.15, -0.1) is 0 Å². The highest BCUT2D eigenvalue weighted by molar-refractivity contribution is 5.71. The Hall–Kier alpha value is -2.15. The van der Waals surface area contributed by atoms with Crippen LogP contribution in [0.15, 0.2) is 6.07 Å². The normalized spacial score (nSPS) is 20.1. The van der Waals surface area contributed by atoms with Gasteiger partial charge in [-0.2, -0.15) is 0 Å². The van der Waals surface area contributed by atoms with E-state index in [1.165, 1.54) is 0 Å². The van der Waals surface area contributed by atoms with Gasteiger partial charge in [0.25, 0.3) is 0 Å². The Balaban J connectivity index is 2.06. The van der Waals surface area contributed by atoms with Crippen LogP contribution in [0.5, 0.6) is 17.2 Å².